The Hall–Kier alpha value is -1.95. The Labute approximate surface area is 132 Å². The third-order valence-corrected chi connectivity index (χ3v) is 3.03. The highest BCUT2D eigenvalue weighted by Crippen LogP contribution is 2.16. The van der Waals surface area contributed by atoms with Gasteiger partial charge in [-0.2, -0.15) is 0 Å². The van der Waals surface area contributed by atoms with E-state index in [2.05, 4.69) is 36.5 Å². The van der Waals surface area contributed by atoms with Crippen molar-refractivity contribution in [3.8, 4) is 0 Å². The number of benzene rings is 1. The zero-order valence-electron chi connectivity index (χ0n) is 12.1. The number of carbonyl (C=O) groups excluding carboxylic acids is 1. The Morgan fingerprint density at radius 3 is 2.43 bits per heavy atom. The van der Waals surface area contributed by atoms with Crippen LogP contribution >= 0.6 is 15.9 Å². The number of hydrogen-bond acceptors (Lipinski definition) is 4. The van der Waals surface area contributed by atoms with Crippen LogP contribution in [0, 0.1) is 0 Å². The first-order valence-electron chi connectivity index (χ1n) is 6.51. The van der Waals surface area contributed by atoms with Crippen molar-refractivity contribution >= 4 is 33.3 Å². The maximum Gasteiger partial charge on any atom is 0.274 e. The molecule has 0 atom stereocenters. The van der Waals surface area contributed by atoms with Gasteiger partial charge in [-0.05, 0) is 45.0 Å². The molecule has 0 aliphatic rings. The van der Waals surface area contributed by atoms with E-state index in [1.165, 1.54) is 6.33 Å². The number of nitrogens with one attached hydrogen (secondary N) is 2. The van der Waals surface area contributed by atoms with Crippen LogP contribution in [0.5, 0.6) is 0 Å². The Morgan fingerprint density at radius 1 is 1.14 bits per heavy atom. The van der Waals surface area contributed by atoms with Crippen molar-refractivity contribution in [3.63, 3.8) is 0 Å². The molecule has 1 aromatic carbocycles. The predicted molar refractivity (Wildman–Crippen MR) is 87.5 cm³/mol. The number of carbonyl (C=O) groups is 1. The summed E-state index contributed by atoms with van der Waals surface area (Å²) in [6.45, 7) is 6.07. The molecule has 2 aromatic rings. The molecule has 0 saturated heterocycles. The highest BCUT2D eigenvalue weighted by molar-refractivity contribution is 9.10. The molecule has 0 aliphatic carbocycles. The zero-order valence-corrected chi connectivity index (χ0v) is 13.7. The summed E-state index contributed by atoms with van der Waals surface area (Å²) >= 11 is 3.35. The molecule has 1 amide bonds. The van der Waals surface area contributed by atoms with E-state index in [9.17, 15) is 4.79 Å². The lowest BCUT2D eigenvalue weighted by Crippen LogP contribution is -2.27. The second-order valence-electron chi connectivity index (χ2n) is 5.62. The number of aromatic nitrogens is 2. The van der Waals surface area contributed by atoms with E-state index in [0.29, 0.717) is 17.2 Å². The summed E-state index contributed by atoms with van der Waals surface area (Å²) < 4.78 is 0.958. The quantitative estimate of drug-likeness (QED) is 0.887. The van der Waals surface area contributed by atoms with Gasteiger partial charge in [-0.25, -0.2) is 9.97 Å². The number of hydrogen-bond donors (Lipinski definition) is 2. The van der Waals surface area contributed by atoms with Crippen LogP contribution in [0.15, 0.2) is 41.1 Å². The molecule has 0 saturated carbocycles. The fourth-order valence-corrected chi connectivity index (χ4v) is 1.93. The first kappa shape index (κ1) is 15.4. The van der Waals surface area contributed by atoms with Gasteiger partial charge in [0, 0.05) is 21.8 Å². The van der Waals surface area contributed by atoms with Crippen molar-refractivity contribution in [2.45, 2.75) is 26.3 Å². The van der Waals surface area contributed by atoms with Gasteiger partial charge in [0.05, 0.1) is 0 Å². The first-order valence-corrected chi connectivity index (χ1v) is 7.30. The van der Waals surface area contributed by atoms with Crippen LogP contribution in [0.4, 0.5) is 11.5 Å². The van der Waals surface area contributed by atoms with Crippen LogP contribution in [0.1, 0.15) is 31.3 Å². The third kappa shape index (κ3) is 4.82. The standard InChI is InChI=1S/C15H17BrN4O/c1-15(2,3)20-13-8-12(17-9-18-13)14(21)19-11-6-4-10(16)5-7-11/h4-9H,1-3H3,(H,19,21)(H,17,18,20). The normalized spacial score (nSPS) is 11.0. The van der Waals surface area contributed by atoms with E-state index >= 15 is 0 Å². The second-order valence-corrected chi connectivity index (χ2v) is 6.54. The summed E-state index contributed by atoms with van der Waals surface area (Å²) in [5.41, 5.74) is 0.903. The van der Waals surface area contributed by atoms with Crippen LogP contribution in [-0.2, 0) is 0 Å². The zero-order chi connectivity index (χ0) is 15.5. The lowest BCUT2D eigenvalue weighted by atomic mass is 10.1. The van der Waals surface area contributed by atoms with Gasteiger partial charge in [-0.1, -0.05) is 15.9 Å². The maximum atomic E-state index is 12.2. The summed E-state index contributed by atoms with van der Waals surface area (Å²) in [7, 11) is 0. The molecule has 0 aliphatic heterocycles. The summed E-state index contributed by atoms with van der Waals surface area (Å²) in [5.74, 6) is 0.357. The van der Waals surface area contributed by atoms with Gasteiger partial charge in [0.15, 0.2) is 0 Å². The molecule has 110 valence electrons. The highest BCUT2D eigenvalue weighted by atomic mass is 79.9. The van der Waals surface area contributed by atoms with Crippen molar-refractivity contribution < 1.29 is 4.79 Å². The molecular formula is C15H17BrN4O. The SMILES string of the molecule is CC(C)(C)Nc1cc(C(=O)Nc2ccc(Br)cc2)ncn1. The van der Waals surface area contributed by atoms with Gasteiger partial charge in [0.25, 0.3) is 5.91 Å². The van der Waals surface area contributed by atoms with Crippen molar-refractivity contribution in [1.82, 2.24) is 9.97 Å². The van der Waals surface area contributed by atoms with Gasteiger partial charge in [0.1, 0.15) is 17.8 Å². The molecule has 1 aromatic heterocycles. The minimum absolute atomic E-state index is 0.131. The van der Waals surface area contributed by atoms with Gasteiger partial charge < -0.3 is 10.6 Å². The molecule has 1 heterocycles. The highest BCUT2D eigenvalue weighted by Gasteiger charge is 2.13. The largest absolute Gasteiger partial charge is 0.365 e. The van der Waals surface area contributed by atoms with Crippen molar-refractivity contribution in [2.75, 3.05) is 10.6 Å². The average molecular weight is 349 g/mol. The molecule has 0 radical (unpaired) electrons. The topological polar surface area (TPSA) is 66.9 Å². The second kappa shape index (κ2) is 6.22. The van der Waals surface area contributed by atoms with Gasteiger partial charge >= 0.3 is 0 Å². The third-order valence-electron chi connectivity index (χ3n) is 2.50. The van der Waals surface area contributed by atoms with E-state index in [1.54, 1.807) is 6.07 Å². The predicted octanol–water partition coefficient (Wildman–Crippen LogP) is 3.70. The Balaban J connectivity index is 2.12. The number of nitrogens with zero attached hydrogens (tertiary/aromatic N) is 2. The lowest BCUT2D eigenvalue weighted by molar-refractivity contribution is 0.102. The van der Waals surface area contributed by atoms with Crippen molar-refractivity contribution in [1.29, 1.82) is 0 Å². The minimum Gasteiger partial charge on any atom is -0.365 e. The van der Waals surface area contributed by atoms with Crippen LogP contribution < -0.4 is 10.6 Å². The summed E-state index contributed by atoms with van der Waals surface area (Å²) in [5, 5.41) is 6.01. The van der Waals surface area contributed by atoms with Crippen LogP contribution in [0.2, 0.25) is 0 Å². The molecule has 2 N–H and O–H groups in total. The number of amides is 1. The molecule has 6 heteroatoms. The molecular weight excluding hydrogens is 332 g/mol. The van der Waals surface area contributed by atoms with Crippen LogP contribution in [0.3, 0.4) is 0 Å². The smallest absolute Gasteiger partial charge is 0.274 e. The van der Waals surface area contributed by atoms with Crippen LogP contribution in [0.25, 0.3) is 0 Å². The maximum absolute atomic E-state index is 12.2. The molecule has 0 bridgehead atoms. The summed E-state index contributed by atoms with van der Waals surface area (Å²) in [4.78, 5) is 20.3. The fourth-order valence-electron chi connectivity index (χ4n) is 1.66. The number of halogens is 1. The van der Waals surface area contributed by atoms with Gasteiger partial charge in [-0.15, -0.1) is 0 Å². The molecule has 0 fully saturated rings. The van der Waals surface area contributed by atoms with Crippen molar-refractivity contribution in [2.24, 2.45) is 0 Å². The van der Waals surface area contributed by atoms with Crippen molar-refractivity contribution in [3.05, 3.63) is 46.8 Å². The molecule has 2 rings (SSSR count). The van der Waals surface area contributed by atoms with E-state index in [0.717, 1.165) is 4.47 Å². The fraction of sp³-hybridized carbons (Fsp3) is 0.267. The van der Waals surface area contributed by atoms with E-state index in [1.807, 2.05) is 45.0 Å². The van der Waals surface area contributed by atoms with E-state index in [4.69, 9.17) is 0 Å². The lowest BCUT2D eigenvalue weighted by Gasteiger charge is -2.21. The summed E-state index contributed by atoms with van der Waals surface area (Å²) in [6, 6.07) is 9.00. The number of rotatable bonds is 3. The molecule has 5 nitrogen and oxygen atoms in total. The van der Waals surface area contributed by atoms with Crippen LogP contribution in [-0.4, -0.2) is 21.4 Å². The van der Waals surface area contributed by atoms with E-state index < -0.39 is 0 Å². The molecule has 21 heavy (non-hydrogen) atoms. The average Bonchev–Trinajstić information content (AvgIpc) is 2.40. The monoisotopic (exact) mass is 348 g/mol. The molecule has 0 unspecified atom stereocenters. The Kier molecular flexibility index (Phi) is 4.57. The first-order chi connectivity index (χ1) is 9.83. The van der Waals surface area contributed by atoms with E-state index in [-0.39, 0.29) is 11.4 Å². The van der Waals surface area contributed by atoms with Gasteiger partial charge in [0.2, 0.25) is 0 Å². The Morgan fingerprint density at radius 2 is 1.81 bits per heavy atom. The van der Waals surface area contributed by atoms with Gasteiger partial charge in [-0.3, -0.25) is 4.79 Å². The summed E-state index contributed by atoms with van der Waals surface area (Å²) in [6.07, 6.45) is 1.38. The number of anilines is 2. The Bertz CT molecular complexity index is 635. The molecule has 0 spiro atoms. The minimum atomic E-state index is -0.267.